The standard InChI is InChI=1S/C11H16BrN3OS/c1-2-7-3-4-13-8(5-7)10(16)15-11-14-6-9(12)17-11/h6-8,13H,2-5H2,1H3,(H,14,15,16). The van der Waals surface area contributed by atoms with E-state index in [-0.39, 0.29) is 11.9 Å². The quantitative estimate of drug-likeness (QED) is 0.901. The minimum absolute atomic E-state index is 0.0324. The number of halogens is 1. The summed E-state index contributed by atoms with van der Waals surface area (Å²) in [6.45, 7) is 3.11. The van der Waals surface area contributed by atoms with Gasteiger partial charge in [-0.3, -0.25) is 4.79 Å². The summed E-state index contributed by atoms with van der Waals surface area (Å²) in [4.78, 5) is 16.1. The minimum atomic E-state index is -0.0728. The third-order valence-corrected chi connectivity index (χ3v) is 4.51. The van der Waals surface area contributed by atoms with E-state index in [1.807, 2.05) is 0 Å². The first-order chi connectivity index (χ1) is 8.19. The lowest BCUT2D eigenvalue weighted by molar-refractivity contribution is -0.119. The largest absolute Gasteiger partial charge is 0.306 e. The highest BCUT2D eigenvalue weighted by Gasteiger charge is 2.26. The summed E-state index contributed by atoms with van der Waals surface area (Å²) in [6.07, 6.45) is 4.94. The van der Waals surface area contributed by atoms with E-state index in [4.69, 9.17) is 0 Å². The molecule has 0 aromatic carbocycles. The van der Waals surface area contributed by atoms with Crippen LogP contribution in [0.3, 0.4) is 0 Å². The van der Waals surface area contributed by atoms with Gasteiger partial charge in [0.1, 0.15) is 0 Å². The number of aromatic nitrogens is 1. The number of piperidine rings is 1. The van der Waals surface area contributed by atoms with Crippen molar-refractivity contribution in [2.24, 2.45) is 5.92 Å². The Balaban J connectivity index is 1.91. The molecule has 1 aromatic heterocycles. The number of amides is 1. The summed E-state index contributed by atoms with van der Waals surface area (Å²) >= 11 is 4.76. The second kappa shape index (κ2) is 5.93. The zero-order valence-electron chi connectivity index (χ0n) is 9.70. The lowest BCUT2D eigenvalue weighted by Crippen LogP contribution is -2.46. The molecule has 1 saturated heterocycles. The topological polar surface area (TPSA) is 54.0 Å². The van der Waals surface area contributed by atoms with Gasteiger partial charge in [-0.1, -0.05) is 24.7 Å². The minimum Gasteiger partial charge on any atom is -0.306 e. The highest BCUT2D eigenvalue weighted by atomic mass is 79.9. The van der Waals surface area contributed by atoms with Crippen molar-refractivity contribution in [3.8, 4) is 0 Å². The van der Waals surface area contributed by atoms with E-state index in [0.29, 0.717) is 11.0 Å². The molecule has 0 radical (unpaired) electrons. The number of nitrogens with one attached hydrogen (secondary N) is 2. The predicted octanol–water partition coefficient (Wildman–Crippen LogP) is 2.62. The Kier molecular flexibility index (Phi) is 4.53. The highest BCUT2D eigenvalue weighted by molar-refractivity contribution is 9.11. The summed E-state index contributed by atoms with van der Waals surface area (Å²) in [5, 5.41) is 6.77. The van der Waals surface area contributed by atoms with Crippen LogP contribution in [-0.2, 0) is 4.79 Å². The van der Waals surface area contributed by atoms with Crippen LogP contribution in [0.5, 0.6) is 0 Å². The molecule has 1 amide bonds. The van der Waals surface area contributed by atoms with Crippen LogP contribution < -0.4 is 10.6 Å². The Labute approximate surface area is 113 Å². The number of carbonyl (C=O) groups is 1. The van der Waals surface area contributed by atoms with Gasteiger partial charge in [-0.05, 0) is 41.2 Å². The molecule has 2 unspecified atom stereocenters. The molecule has 0 saturated carbocycles. The van der Waals surface area contributed by atoms with Crippen LogP contribution in [0.1, 0.15) is 26.2 Å². The van der Waals surface area contributed by atoms with E-state index in [1.165, 1.54) is 17.8 Å². The van der Waals surface area contributed by atoms with Crippen molar-refractivity contribution < 1.29 is 4.79 Å². The Morgan fingerprint density at radius 3 is 3.24 bits per heavy atom. The van der Waals surface area contributed by atoms with Crippen LogP contribution in [0.25, 0.3) is 0 Å². The molecule has 0 spiro atoms. The van der Waals surface area contributed by atoms with Gasteiger partial charge >= 0.3 is 0 Å². The molecular formula is C11H16BrN3OS. The van der Waals surface area contributed by atoms with Crippen molar-refractivity contribution in [3.05, 3.63) is 9.98 Å². The third-order valence-electron chi connectivity index (χ3n) is 3.11. The summed E-state index contributed by atoms with van der Waals surface area (Å²) in [5.41, 5.74) is 0. The van der Waals surface area contributed by atoms with Crippen LogP contribution in [-0.4, -0.2) is 23.5 Å². The summed E-state index contributed by atoms with van der Waals surface area (Å²) in [7, 11) is 0. The second-order valence-electron chi connectivity index (χ2n) is 4.26. The van der Waals surface area contributed by atoms with Crippen molar-refractivity contribution in [1.82, 2.24) is 10.3 Å². The lowest BCUT2D eigenvalue weighted by atomic mass is 9.90. The van der Waals surface area contributed by atoms with Gasteiger partial charge in [0, 0.05) is 0 Å². The fraction of sp³-hybridized carbons (Fsp3) is 0.636. The Hall–Kier alpha value is -0.460. The number of nitrogens with zero attached hydrogens (tertiary/aromatic N) is 1. The lowest BCUT2D eigenvalue weighted by Gasteiger charge is -2.28. The molecule has 2 rings (SSSR count). The number of thiazole rings is 1. The molecule has 1 aromatic rings. The fourth-order valence-corrected chi connectivity index (χ4v) is 3.18. The van der Waals surface area contributed by atoms with Crippen LogP contribution in [0, 0.1) is 5.92 Å². The predicted molar refractivity (Wildman–Crippen MR) is 73.2 cm³/mol. The molecule has 1 fully saturated rings. The fourth-order valence-electron chi connectivity index (χ4n) is 2.07. The van der Waals surface area contributed by atoms with E-state index >= 15 is 0 Å². The number of carbonyl (C=O) groups excluding carboxylic acids is 1. The van der Waals surface area contributed by atoms with Gasteiger partial charge < -0.3 is 10.6 Å². The molecular weight excluding hydrogens is 302 g/mol. The van der Waals surface area contributed by atoms with Gasteiger partial charge in [-0.2, -0.15) is 0 Å². The summed E-state index contributed by atoms with van der Waals surface area (Å²) in [5.74, 6) is 0.694. The van der Waals surface area contributed by atoms with E-state index in [1.54, 1.807) is 6.20 Å². The first kappa shape index (κ1) is 13.0. The van der Waals surface area contributed by atoms with E-state index < -0.39 is 0 Å². The van der Waals surface area contributed by atoms with Gasteiger partial charge in [0.2, 0.25) is 5.91 Å². The number of hydrogen-bond acceptors (Lipinski definition) is 4. The van der Waals surface area contributed by atoms with E-state index in [9.17, 15) is 4.79 Å². The van der Waals surface area contributed by atoms with Gasteiger partial charge in [0.15, 0.2) is 5.13 Å². The van der Waals surface area contributed by atoms with E-state index in [0.717, 1.165) is 23.2 Å². The molecule has 94 valence electrons. The van der Waals surface area contributed by atoms with Crippen LogP contribution >= 0.6 is 27.3 Å². The molecule has 2 heterocycles. The van der Waals surface area contributed by atoms with Crippen molar-refractivity contribution >= 4 is 38.3 Å². The van der Waals surface area contributed by atoms with Crippen molar-refractivity contribution in [2.75, 3.05) is 11.9 Å². The molecule has 17 heavy (non-hydrogen) atoms. The second-order valence-corrected chi connectivity index (χ2v) is 6.67. The zero-order valence-corrected chi connectivity index (χ0v) is 12.1. The number of hydrogen-bond donors (Lipinski definition) is 2. The van der Waals surface area contributed by atoms with Crippen molar-refractivity contribution in [1.29, 1.82) is 0 Å². The van der Waals surface area contributed by atoms with Gasteiger partial charge in [0.05, 0.1) is 16.0 Å². The van der Waals surface area contributed by atoms with Crippen LogP contribution in [0.2, 0.25) is 0 Å². The number of rotatable bonds is 3. The Morgan fingerprint density at radius 2 is 2.59 bits per heavy atom. The van der Waals surface area contributed by atoms with Gasteiger partial charge in [-0.15, -0.1) is 0 Å². The normalized spacial score (nSPS) is 24.6. The maximum absolute atomic E-state index is 12.0. The molecule has 4 nitrogen and oxygen atoms in total. The Bertz CT molecular complexity index is 396. The van der Waals surface area contributed by atoms with Crippen molar-refractivity contribution in [2.45, 2.75) is 32.2 Å². The maximum Gasteiger partial charge on any atom is 0.243 e. The van der Waals surface area contributed by atoms with Crippen LogP contribution in [0.4, 0.5) is 5.13 Å². The molecule has 1 aliphatic rings. The maximum atomic E-state index is 12.0. The molecule has 0 bridgehead atoms. The monoisotopic (exact) mass is 317 g/mol. The molecule has 2 N–H and O–H groups in total. The molecule has 1 aliphatic heterocycles. The first-order valence-corrected chi connectivity index (χ1v) is 7.45. The zero-order chi connectivity index (χ0) is 12.3. The summed E-state index contributed by atoms with van der Waals surface area (Å²) in [6, 6.07) is -0.0728. The van der Waals surface area contributed by atoms with Crippen LogP contribution in [0.15, 0.2) is 9.98 Å². The van der Waals surface area contributed by atoms with Crippen molar-refractivity contribution in [3.63, 3.8) is 0 Å². The molecule has 6 heteroatoms. The average Bonchev–Trinajstić information content (AvgIpc) is 2.75. The summed E-state index contributed by atoms with van der Waals surface area (Å²) < 4.78 is 0.927. The van der Waals surface area contributed by atoms with Gasteiger partial charge in [0.25, 0.3) is 0 Å². The molecule has 0 aliphatic carbocycles. The molecule has 2 atom stereocenters. The first-order valence-electron chi connectivity index (χ1n) is 5.84. The SMILES string of the molecule is CCC1CCNC(C(=O)Nc2ncc(Br)s2)C1. The van der Waals surface area contributed by atoms with E-state index in [2.05, 4.69) is 38.5 Å². The average molecular weight is 318 g/mol. The smallest absolute Gasteiger partial charge is 0.243 e. The Morgan fingerprint density at radius 1 is 1.76 bits per heavy atom. The highest BCUT2D eigenvalue weighted by Crippen LogP contribution is 2.24. The third kappa shape index (κ3) is 3.50. The number of anilines is 1. The van der Waals surface area contributed by atoms with Gasteiger partial charge in [-0.25, -0.2) is 4.98 Å².